The summed E-state index contributed by atoms with van der Waals surface area (Å²) in [7, 11) is 0. The molecule has 4 nitrogen and oxygen atoms in total. The Kier molecular flexibility index (Phi) is 8.16. The van der Waals surface area contributed by atoms with Gasteiger partial charge in [-0.3, -0.25) is 5.41 Å². The quantitative estimate of drug-likeness (QED) is 0.472. The van der Waals surface area contributed by atoms with Crippen molar-refractivity contribution in [3.8, 4) is 0 Å². The number of allylic oxidation sites excluding steroid dienone is 2. The van der Waals surface area contributed by atoms with Crippen LogP contribution in [-0.4, -0.2) is 16.8 Å². The highest BCUT2D eigenvalue weighted by molar-refractivity contribution is 6.42. The number of carboxylic acid groups (broad SMARTS) is 1. The SMILES string of the molecule is C=C/C(N)=C(\C=C)C(=N)C(=O)O.CC. The average Bonchev–Trinajstić information content (AvgIpc) is 2.21. The molecular weight excluding hydrogens is 180 g/mol. The first-order valence-corrected chi connectivity index (χ1v) is 4.11. The maximum atomic E-state index is 10.3. The second-order valence-electron chi connectivity index (χ2n) is 1.96. The normalized spacial score (nSPS) is 10.1. The molecule has 4 heteroatoms. The fraction of sp³-hybridized carbons (Fsp3) is 0.200. The van der Waals surface area contributed by atoms with Crippen LogP contribution in [0.25, 0.3) is 0 Å². The van der Waals surface area contributed by atoms with Crippen LogP contribution >= 0.6 is 0 Å². The maximum Gasteiger partial charge on any atom is 0.354 e. The van der Waals surface area contributed by atoms with E-state index in [0.29, 0.717) is 0 Å². The third kappa shape index (κ3) is 4.25. The van der Waals surface area contributed by atoms with Crippen molar-refractivity contribution in [2.75, 3.05) is 0 Å². The molecule has 78 valence electrons. The first kappa shape index (κ1) is 14.7. The van der Waals surface area contributed by atoms with Gasteiger partial charge in [0.2, 0.25) is 0 Å². The van der Waals surface area contributed by atoms with Crippen LogP contribution in [0.3, 0.4) is 0 Å². The molecule has 4 N–H and O–H groups in total. The Morgan fingerprint density at radius 1 is 1.36 bits per heavy atom. The molecule has 0 aliphatic heterocycles. The van der Waals surface area contributed by atoms with Crippen LogP contribution in [0, 0.1) is 5.41 Å². The largest absolute Gasteiger partial charge is 0.477 e. The van der Waals surface area contributed by atoms with E-state index in [4.69, 9.17) is 16.2 Å². The minimum Gasteiger partial charge on any atom is -0.477 e. The monoisotopic (exact) mass is 196 g/mol. The van der Waals surface area contributed by atoms with Crippen molar-refractivity contribution in [1.29, 1.82) is 5.41 Å². The van der Waals surface area contributed by atoms with Gasteiger partial charge in [-0.2, -0.15) is 0 Å². The lowest BCUT2D eigenvalue weighted by Crippen LogP contribution is -2.16. The van der Waals surface area contributed by atoms with E-state index in [0.717, 1.165) is 0 Å². The molecule has 0 unspecified atom stereocenters. The summed E-state index contributed by atoms with van der Waals surface area (Å²) in [4.78, 5) is 10.3. The molecular formula is C10H16N2O2. The number of nitrogens with one attached hydrogen (secondary N) is 1. The summed E-state index contributed by atoms with van der Waals surface area (Å²) in [6, 6.07) is 0. The third-order valence-corrected chi connectivity index (χ3v) is 1.22. The van der Waals surface area contributed by atoms with Crippen molar-refractivity contribution in [3.05, 3.63) is 36.6 Å². The molecule has 0 aromatic heterocycles. The van der Waals surface area contributed by atoms with E-state index in [1.54, 1.807) is 0 Å². The van der Waals surface area contributed by atoms with Crippen molar-refractivity contribution < 1.29 is 9.90 Å². The predicted octanol–water partition coefficient (Wildman–Crippen LogP) is 1.70. The number of nitrogens with two attached hydrogens (primary N) is 1. The molecule has 0 atom stereocenters. The van der Waals surface area contributed by atoms with Crippen molar-refractivity contribution in [2.24, 2.45) is 5.73 Å². The predicted molar refractivity (Wildman–Crippen MR) is 58.3 cm³/mol. The van der Waals surface area contributed by atoms with Gasteiger partial charge in [-0.1, -0.05) is 33.1 Å². The van der Waals surface area contributed by atoms with Gasteiger partial charge in [0.15, 0.2) is 0 Å². The van der Waals surface area contributed by atoms with Crippen LogP contribution in [0.1, 0.15) is 13.8 Å². The molecule has 0 saturated carbocycles. The highest BCUT2D eigenvalue weighted by Crippen LogP contribution is 2.03. The van der Waals surface area contributed by atoms with E-state index in [9.17, 15) is 4.79 Å². The molecule has 0 aliphatic rings. The number of carbonyl (C=O) groups is 1. The summed E-state index contributed by atoms with van der Waals surface area (Å²) in [6.45, 7) is 10.7. The first-order chi connectivity index (χ1) is 6.54. The first-order valence-electron chi connectivity index (χ1n) is 4.11. The van der Waals surface area contributed by atoms with Gasteiger partial charge >= 0.3 is 5.97 Å². The molecule has 0 aromatic carbocycles. The standard InChI is InChI=1S/C8H10N2O2.C2H6/c1-3-5(6(9)4-2)7(10)8(11)12;1-2/h3-4,10H,1-2,9H2,(H,11,12);1-2H3/b6-5-,10-7?;. The van der Waals surface area contributed by atoms with Crippen molar-refractivity contribution in [3.63, 3.8) is 0 Å². The third-order valence-electron chi connectivity index (χ3n) is 1.22. The van der Waals surface area contributed by atoms with Gasteiger partial charge < -0.3 is 10.8 Å². The summed E-state index contributed by atoms with van der Waals surface area (Å²) in [6.07, 6.45) is 2.49. The minimum atomic E-state index is -1.34. The second-order valence-corrected chi connectivity index (χ2v) is 1.96. The Hall–Kier alpha value is -1.84. The summed E-state index contributed by atoms with van der Waals surface area (Å²) < 4.78 is 0. The molecule has 0 radical (unpaired) electrons. The molecule has 14 heavy (non-hydrogen) atoms. The zero-order chi connectivity index (χ0) is 11.7. The maximum absolute atomic E-state index is 10.3. The van der Waals surface area contributed by atoms with Crippen LogP contribution in [0.2, 0.25) is 0 Å². The summed E-state index contributed by atoms with van der Waals surface area (Å²) in [5.74, 6) is -1.34. The van der Waals surface area contributed by atoms with Crippen molar-refractivity contribution in [2.45, 2.75) is 13.8 Å². The molecule has 0 spiro atoms. The number of rotatable bonds is 4. The molecule has 0 saturated heterocycles. The Morgan fingerprint density at radius 2 is 1.79 bits per heavy atom. The lowest BCUT2D eigenvalue weighted by Gasteiger charge is -2.01. The Bertz CT molecular complexity index is 278. The van der Waals surface area contributed by atoms with Crippen LogP contribution in [-0.2, 0) is 4.79 Å². The van der Waals surface area contributed by atoms with E-state index in [-0.39, 0.29) is 11.3 Å². The highest BCUT2D eigenvalue weighted by atomic mass is 16.4. The van der Waals surface area contributed by atoms with Gasteiger partial charge in [0.1, 0.15) is 5.71 Å². The molecule has 0 aliphatic carbocycles. The Balaban J connectivity index is 0. The summed E-state index contributed by atoms with van der Waals surface area (Å²) in [5.41, 5.74) is 4.99. The topological polar surface area (TPSA) is 87.2 Å². The van der Waals surface area contributed by atoms with E-state index in [1.807, 2.05) is 13.8 Å². The molecule has 0 heterocycles. The zero-order valence-corrected chi connectivity index (χ0v) is 8.50. The second kappa shape index (κ2) is 7.79. The van der Waals surface area contributed by atoms with Gasteiger partial charge in [0.25, 0.3) is 0 Å². The van der Waals surface area contributed by atoms with Crippen LogP contribution in [0.5, 0.6) is 0 Å². The summed E-state index contributed by atoms with van der Waals surface area (Å²) in [5, 5.41) is 15.5. The van der Waals surface area contributed by atoms with Crippen LogP contribution < -0.4 is 5.73 Å². The number of hydrogen-bond acceptors (Lipinski definition) is 3. The van der Waals surface area contributed by atoms with Crippen LogP contribution in [0.15, 0.2) is 36.6 Å². The van der Waals surface area contributed by atoms with Gasteiger partial charge in [-0.05, 0) is 6.08 Å². The molecule has 0 bridgehead atoms. The Labute approximate surface area is 83.9 Å². The van der Waals surface area contributed by atoms with Gasteiger partial charge in [-0.15, -0.1) is 0 Å². The highest BCUT2D eigenvalue weighted by Gasteiger charge is 2.11. The lowest BCUT2D eigenvalue weighted by molar-refractivity contribution is -0.129. The smallest absolute Gasteiger partial charge is 0.354 e. The summed E-state index contributed by atoms with van der Waals surface area (Å²) >= 11 is 0. The van der Waals surface area contributed by atoms with Crippen molar-refractivity contribution >= 4 is 11.7 Å². The average molecular weight is 196 g/mol. The molecule has 0 fully saturated rings. The van der Waals surface area contributed by atoms with Gasteiger partial charge in [0.05, 0.1) is 0 Å². The zero-order valence-electron chi connectivity index (χ0n) is 8.50. The molecule has 0 amide bonds. The fourth-order valence-corrected chi connectivity index (χ4v) is 0.589. The van der Waals surface area contributed by atoms with E-state index in [1.165, 1.54) is 12.2 Å². The fourth-order valence-electron chi connectivity index (χ4n) is 0.589. The van der Waals surface area contributed by atoms with Crippen LogP contribution in [0.4, 0.5) is 0 Å². The van der Waals surface area contributed by atoms with E-state index < -0.39 is 11.7 Å². The number of aliphatic carboxylic acids is 1. The molecule has 0 aromatic rings. The minimum absolute atomic E-state index is 0.0810. The molecule has 0 rings (SSSR count). The van der Waals surface area contributed by atoms with Gasteiger partial charge in [0, 0.05) is 11.3 Å². The lowest BCUT2D eigenvalue weighted by atomic mass is 10.1. The van der Waals surface area contributed by atoms with E-state index in [2.05, 4.69) is 13.2 Å². The number of carboxylic acids is 1. The van der Waals surface area contributed by atoms with E-state index >= 15 is 0 Å². The van der Waals surface area contributed by atoms with Crippen molar-refractivity contribution in [1.82, 2.24) is 0 Å². The Morgan fingerprint density at radius 3 is 2.00 bits per heavy atom. The number of hydrogen-bond donors (Lipinski definition) is 3. The van der Waals surface area contributed by atoms with Gasteiger partial charge in [-0.25, -0.2) is 4.79 Å².